The number of guanidine groups is 1. The molecule has 7 heteroatoms. The molecular weight excluding hydrogens is 306 g/mol. The highest BCUT2D eigenvalue weighted by Gasteiger charge is 2.06. The number of benzene rings is 1. The van der Waals surface area contributed by atoms with E-state index in [0.29, 0.717) is 17.5 Å². The average molecular weight is 331 g/mol. The van der Waals surface area contributed by atoms with Crippen LogP contribution in [0.15, 0.2) is 35.6 Å². The Hall–Kier alpha value is -2.70. The van der Waals surface area contributed by atoms with Crippen LogP contribution in [-0.2, 0) is 13.5 Å². The molecule has 0 fully saturated rings. The highest BCUT2D eigenvalue weighted by Crippen LogP contribution is 2.29. The predicted molar refractivity (Wildman–Crippen MR) is 96.1 cm³/mol. The zero-order valence-electron chi connectivity index (χ0n) is 14.7. The first kappa shape index (κ1) is 17.7. The number of anilines is 1. The fraction of sp³-hybridized carbons (Fsp3) is 0.412. The van der Waals surface area contributed by atoms with Crippen LogP contribution in [0.2, 0.25) is 0 Å². The van der Waals surface area contributed by atoms with Gasteiger partial charge in [0.25, 0.3) is 0 Å². The zero-order chi connectivity index (χ0) is 17.4. The average Bonchev–Trinajstić information content (AvgIpc) is 3.02. The van der Waals surface area contributed by atoms with Gasteiger partial charge in [-0.05, 0) is 30.5 Å². The molecule has 7 nitrogen and oxygen atoms in total. The molecule has 0 unspecified atom stereocenters. The van der Waals surface area contributed by atoms with Gasteiger partial charge in [-0.1, -0.05) is 0 Å². The minimum atomic E-state index is 0.675. The Balaban J connectivity index is 1.83. The molecule has 1 aromatic heterocycles. The minimum Gasteiger partial charge on any atom is -0.493 e. The molecule has 0 amide bonds. The Morgan fingerprint density at radius 3 is 2.67 bits per heavy atom. The Bertz CT molecular complexity index is 681. The van der Waals surface area contributed by atoms with Gasteiger partial charge in [-0.3, -0.25) is 9.67 Å². The zero-order valence-corrected chi connectivity index (χ0v) is 14.7. The summed E-state index contributed by atoms with van der Waals surface area (Å²) in [7, 11) is 6.91. The van der Waals surface area contributed by atoms with E-state index >= 15 is 0 Å². The SMILES string of the molecule is CN=C(NCCCc1cnn(C)c1)Nc1ccc(OC)c(OC)c1. The van der Waals surface area contributed by atoms with Crippen LogP contribution in [0, 0.1) is 0 Å². The molecule has 0 aliphatic carbocycles. The largest absolute Gasteiger partial charge is 0.493 e. The first-order valence-electron chi connectivity index (χ1n) is 7.83. The molecule has 2 rings (SSSR count). The number of methoxy groups -OCH3 is 2. The molecule has 0 spiro atoms. The lowest BCUT2D eigenvalue weighted by Gasteiger charge is -2.14. The smallest absolute Gasteiger partial charge is 0.195 e. The third kappa shape index (κ3) is 4.91. The molecule has 1 aromatic carbocycles. The molecule has 0 bridgehead atoms. The molecule has 0 radical (unpaired) electrons. The molecule has 2 N–H and O–H groups in total. The fourth-order valence-electron chi connectivity index (χ4n) is 2.33. The van der Waals surface area contributed by atoms with Crippen LogP contribution in [0.4, 0.5) is 5.69 Å². The molecule has 0 atom stereocenters. The number of ether oxygens (including phenoxy) is 2. The normalized spacial score (nSPS) is 11.2. The van der Waals surface area contributed by atoms with E-state index in [4.69, 9.17) is 9.47 Å². The van der Waals surface area contributed by atoms with Crippen molar-refractivity contribution in [2.75, 3.05) is 33.1 Å². The van der Waals surface area contributed by atoms with Gasteiger partial charge in [0.1, 0.15) is 0 Å². The van der Waals surface area contributed by atoms with Crippen molar-refractivity contribution in [3.05, 3.63) is 36.2 Å². The number of aryl methyl sites for hydroxylation is 2. The van der Waals surface area contributed by atoms with Gasteiger partial charge in [-0.15, -0.1) is 0 Å². The van der Waals surface area contributed by atoms with Crippen LogP contribution in [0.5, 0.6) is 11.5 Å². The Morgan fingerprint density at radius 2 is 2.04 bits per heavy atom. The summed E-state index contributed by atoms with van der Waals surface area (Å²) < 4.78 is 12.4. The summed E-state index contributed by atoms with van der Waals surface area (Å²) in [6.07, 6.45) is 5.92. The second kappa shape index (κ2) is 8.81. The summed E-state index contributed by atoms with van der Waals surface area (Å²) >= 11 is 0. The lowest BCUT2D eigenvalue weighted by atomic mass is 10.2. The maximum atomic E-state index is 5.31. The lowest BCUT2D eigenvalue weighted by molar-refractivity contribution is 0.355. The number of nitrogens with one attached hydrogen (secondary N) is 2. The third-order valence-electron chi connectivity index (χ3n) is 3.56. The van der Waals surface area contributed by atoms with Crippen LogP contribution in [0.25, 0.3) is 0 Å². The first-order chi connectivity index (χ1) is 11.7. The summed E-state index contributed by atoms with van der Waals surface area (Å²) in [6, 6.07) is 5.65. The van der Waals surface area contributed by atoms with Crippen LogP contribution in [0.3, 0.4) is 0 Å². The van der Waals surface area contributed by atoms with Crippen molar-refractivity contribution in [3.8, 4) is 11.5 Å². The van der Waals surface area contributed by atoms with Crippen LogP contribution in [0.1, 0.15) is 12.0 Å². The van der Waals surface area contributed by atoms with E-state index in [1.165, 1.54) is 5.56 Å². The lowest BCUT2D eigenvalue weighted by Crippen LogP contribution is -2.31. The number of hydrogen-bond acceptors (Lipinski definition) is 4. The van der Waals surface area contributed by atoms with Gasteiger partial charge in [0, 0.05) is 38.6 Å². The summed E-state index contributed by atoms with van der Waals surface area (Å²) in [5.41, 5.74) is 2.12. The van der Waals surface area contributed by atoms with Crippen molar-refractivity contribution in [1.82, 2.24) is 15.1 Å². The Morgan fingerprint density at radius 1 is 1.25 bits per heavy atom. The van der Waals surface area contributed by atoms with E-state index < -0.39 is 0 Å². The predicted octanol–water partition coefficient (Wildman–Crippen LogP) is 2.06. The molecule has 24 heavy (non-hydrogen) atoms. The van der Waals surface area contributed by atoms with Crippen molar-refractivity contribution in [3.63, 3.8) is 0 Å². The van der Waals surface area contributed by atoms with Gasteiger partial charge in [0.2, 0.25) is 0 Å². The van der Waals surface area contributed by atoms with Gasteiger partial charge in [0.05, 0.1) is 20.4 Å². The van der Waals surface area contributed by atoms with E-state index in [9.17, 15) is 0 Å². The molecule has 0 aliphatic rings. The molecule has 130 valence electrons. The van der Waals surface area contributed by atoms with E-state index in [1.807, 2.05) is 42.3 Å². The topological polar surface area (TPSA) is 72.7 Å². The summed E-state index contributed by atoms with van der Waals surface area (Å²) in [5.74, 6) is 2.09. The summed E-state index contributed by atoms with van der Waals surface area (Å²) in [4.78, 5) is 4.24. The van der Waals surface area contributed by atoms with Crippen LogP contribution >= 0.6 is 0 Å². The second-order valence-corrected chi connectivity index (χ2v) is 5.32. The number of aromatic nitrogens is 2. The van der Waals surface area contributed by atoms with Gasteiger partial charge >= 0.3 is 0 Å². The van der Waals surface area contributed by atoms with Crippen LogP contribution in [-0.4, -0.2) is 43.6 Å². The number of hydrogen-bond donors (Lipinski definition) is 2. The van der Waals surface area contributed by atoms with E-state index in [0.717, 1.165) is 25.1 Å². The fourth-order valence-corrected chi connectivity index (χ4v) is 2.33. The Kier molecular flexibility index (Phi) is 6.48. The van der Waals surface area contributed by atoms with Crippen molar-refractivity contribution in [1.29, 1.82) is 0 Å². The van der Waals surface area contributed by atoms with Gasteiger partial charge in [-0.25, -0.2) is 0 Å². The number of rotatable bonds is 7. The van der Waals surface area contributed by atoms with E-state index in [2.05, 4.69) is 20.7 Å². The monoisotopic (exact) mass is 331 g/mol. The molecular formula is C17H25N5O2. The van der Waals surface area contributed by atoms with Crippen molar-refractivity contribution in [2.24, 2.45) is 12.0 Å². The van der Waals surface area contributed by atoms with Crippen LogP contribution < -0.4 is 20.1 Å². The first-order valence-corrected chi connectivity index (χ1v) is 7.83. The van der Waals surface area contributed by atoms with Crippen molar-refractivity contribution in [2.45, 2.75) is 12.8 Å². The molecule has 1 heterocycles. The van der Waals surface area contributed by atoms with Crippen molar-refractivity contribution >= 4 is 11.6 Å². The molecule has 0 saturated heterocycles. The Labute approximate surface area is 142 Å². The highest BCUT2D eigenvalue weighted by molar-refractivity contribution is 5.93. The quantitative estimate of drug-likeness (QED) is 0.461. The third-order valence-corrected chi connectivity index (χ3v) is 3.56. The maximum Gasteiger partial charge on any atom is 0.195 e. The molecule has 0 aliphatic heterocycles. The van der Waals surface area contributed by atoms with E-state index in [1.54, 1.807) is 21.3 Å². The molecule has 2 aromatic rings. The standard InChI is InChI=1S/C17H25N5O2/c1-18-17(19-9-5-6-13-11-20-22(2)12-13)21-14-7-8-15(23-3)16(10-14)24-4/h7-8,10-12H,5-6,9H2,1-4H3,(H2,18,19,21). The van der Waals surface area contributed by atoms with Gasteiger partial charge in [0.15, 0.2) is 17.5 Å². The van der Waals surface area contributed by atoms with Crippen molar-refractivity contribution < 1.29 is 9.47 Å². The van der Waals surface area contributed by atoms with Gasteiger partial charge in [-0.2, -0.15) is 5.10 Å². The summed E-state index contributed by atoms with van der Waals surface area (Å²) in [5, 5.41) is 10.7. The highest BCUT2D eigenvalue weighted by atomic mass is 16.5. The minimum absolute atomic E-state index is 0.675. The number of nitrogens with zero attached hydrogens (tertiary/aromatic N) is 3. The molecule has 0 saturated carbocycles. The van der Waals surface area contributed by atoms with Gasteiger partial charge < -0.3 is 20.1 Å². The summed E-state index contributed by atoms with van der Waals surface area (Å²) in [6.45, 7) is 0.821. The maximum absolute atomic E-state index is 5.31. The number of aliphatic imine (C=N–C) groups is 1. The second-order valence-electron chi connectivity index (χ2n) is 5.32. The van der Waals surface area contributed by atoms with E-state index in [-0.39, 0.29) is 0 Å².